The number of nitrogens with zero attached hydrogens (tertiary/aromatic N) is 2. The Bertz CT molecular complexity index is 583. The number of fused-ring (bicyclic) bond motifs is 1. The molecule has 0 unspecified atom stereocenters. The largest absolute Gasteiger partial charge is 0.486 e. The van der Waals surface area contributed by atoms with E-state index in [2.05, 4.69) is 30.3 Å². The number of benzene rings is 1. The van der Waals surface area contributed by atoms with Crippen LogP contribution in [-0.4, -0.2) is 29.0 Å². The molecule has 112 valence electrons. The Balaban J connectivity index is 1.59. The van der Waals surface area contributed by atoms with E-state index in [0.717, 1.165) is 18.0 Å². The lowest BCUT2D eigenvalue weighted by Crippen LogP contribution is -2.33. The number of ether oxygens (including phenoxy) is 2. The first-order chi connectivity index (χ1) is 10.2. The van der Waals surface area contributed by atoms with Crippen molar-refractivity contribution in [1.29, 1.82) is 0 Å². The maximum absolute atomic E-state index is 5.61. The average Bonchev–Trinajstić information content (AvgIpc) is 3.06. The molecule has 21 heavy (non-hydrogen) atoms. The van der Waals surface area contributed by atoms with Crippen LogP contribution in [0.5, 0.6) is 11.5 Å². The van der Waals surface area contributed by atoms with E-state index in [9.17, 15) is 0 Å². The quantitative estimate of drug-likeness (QED) is 0.917. The zero-order chi connectivity index (χ0) is 14.7. The van der Waals surface area contributed by atoms with Crippen molar-refractivity contribution >= 4 is 0 Å². The molecule has 2 atom stereocenters. The molecular formula is C16H21N3O2. The van der Waals surface area contributed by atoms with Gasteiger partial charge in [-0.25, -0.2) is 0 Å². The second-order valence-corrected chi connectivity index (χ2v) is 5.37. The standard InChI is InChI=1S/C16H21N3O2/c1-12(13(2)19-7-3-6-18-19)17-11-14-4-5-15-16(10-14)21-9-8-20-15/h3-7,10,12-13,17H,8-9,11H2,1-2H3/t12-,13-/m0/s1. The molecule has 0 saturated heterocycles. The van der Waals surface area contributed by atoms with Gasteiger partial charge in [-0.1, -0.05) is 6.07 Å². The summed E-state index contributed by atoms with van der Waals surface area (Å²) in [5.41, 5.74) is 1.19. The summed E-state index contributed by atoms with van der Waals surface area (Å²) in [5.74, 6) is 1.68. The summed E-state index contributed by atoms with van der Waals surface area (Å²) in [6.45, 7) is 6.38. The number of nitrogens with one attached hydrogen (secondary N) is 1. The van der Waals surface area contributed by atoms with Crippen molar-refractivity contribution in [3.63, 3.8) is 0 Å². The summed E-state index contributed by atoms with van der Waals surface area (Å²) < 4.78 is 13.1. The number of aromatic nitrogens is 2. The van der Waals surface area contributed by atoms with Crippen LogP contribution in [0.25, 0.3) is 0 Å². The highest BCUT2D eigenvalue weighted by Gasteiger charge is 2.15. The van der Waals surface area contributed by atoms with Gasteiger partial charge >= 0.3 is 0 Å². The van der Waals surface area contributed by atoms with Gasteiger partial charge in [-0.05, 0) is 37.6 Å². The van der Waals surface area contributed by atoms with Crippen molar-refractivity contribution in [3.05, 3.63) is 42.2 Å². The monoisotopic (exact) mass is 287 g/mol. The fraction of sp³-hybridized carbons (Fsp3) is 0.438. The fourth-order valence-electron chi connectivity index (χ4n) is 2.40. The Labute approximate surface area is 124 Å². The molecule has 2 aromatic rings. The summed E-state index contributed by atoms with van der Waals surface area (Å²) in [4.78, 5) is 0. The molecule has 1 aromatic heterocycles. The second kappa shape index (κ2) is 6.18. The van der Waals surface area contributed by atoms with Crippen LogP contribution in [0.2, 0.25) is 0 Å². The van der Waals surface area contributed by atoms with Gasteiger partial charge < -0.3 is 14.8 Å². The zero-order valence-electron chi connectivity index (χ0n) is 12.5. The minimum absolute atomic E-state index is 0.303. The number of hydrogen-bond donors (Lipinski definition) is 1. The van der Waals surface area contributed by atoms with Crippen LogP contribution in [-0.2, 0) is 6.54 Å². The van der Waals surface area contributed by atoms with Crippen LogP contribution in [0.3, 0.4) is 0 Å². The van der Waals surface area contributed by atoms with Crippen molar-refractivity contribution in [2.75, 3.05) is 13.2 Å². The molecule has 2 heterocycles. The van der Waals surface area contributed by atoms with Gasteiger partial charge in [0.15, 0.2) is 11.5 Å². The van der Waals surface area contributed by atoms with Gasteiger partial charge in [0.25, 0.3) is 0 Å². The maximum Gasteiger partial charge on any atom is 0.161 e. The SMILES string of the molecule is C[C@H](NCc1ccc2c(c1)OCCO2)[C@H](C)n1cccn1. The second-order valence-electron chi connectivity index (χ2n) is 5.37. The van der Waals surface area contributed by atoms with Crippen LogP contribution < -0.4 is 14.8 Å². The van der Waals surface area contributed by atoms with Gasteiger partial charge in [0.05, 0.1) is 6.04 Å². The Morgan fingerprint density at radius 3 is 2.81 bits per heavy atom. The van der Waals surface area contributed by atoms with E-state index in [1.165, 1.54) is 5.56 Å². The van der Waals surface area contributed by atoms with Gasteiger partial charge in [0, 0.05) is 25.0 Å². The van der Waals surface area contributed by atoms with Crippen LogP contribution in [0, 0.1) is 0 Å². The van der Waals surface area contributed by atoms with Crippen molar-refractivity contribution in [1.82, 2.24) is 15.1 Å². The third kappa shape index (κ3) is 3.19. The molecule has 5 heteroatoms. The molecule has 1 aromatic carbocycles. The number of hydrogen-bond acceptors (Lipinski definition) is 4. The molecule has 1 aliphatic heterocycles. The molecule has 0 radical (unpaired) electrons. The van der Waals surface area contributed by atoms with Crippen LogP contribution >= 0.6 is 0 Å². The molecule has 0 saturated carbocycles. The Morgan fingerprint density at radius 2 is 2.05 bits per heavy atom. The van der Waals surface area contributed by atoms with Gasteiger partial charge in [-0.2, -0.15) is 5.10 Å². The van der Waals surface area contributed by atoms with E-state index < -0.39 is 0 Å². The molecule has 0 amide bonds. The van der Waals surface area contributed by atoms with Crippen molar-refractivity contribution < 1.29 is 9.47 Å². The average molecular weight is 287 g/mol. The van der Waals surface area contributed by atoms with Crippen LogP contribution in [0.15, 0.2) is 36.7 Å². The van der Waals surface area contributed by atoms with E-state index in [0.29, 0.717) is 25.3 Å². The summed E-state index contributed by atoms with van der Waals surface area (Å²) >= 11 is 0. The van der Waals surface area contributed by atoms with E-state index in [1.54, 1.807) is 0 Å². The molecule has 3 rings (SSSR count). The highest BCUT2D eigenvalue weighted by atomic mass is 16.6. The molecule has 0 fully saturated rings. The predicted molar refractivity (Wildman–Crippen MR) is 80.7 cm³/mol. The van der Waals surface area contributed by atoms with E-state index in [4.69, 9.17) is 9.47 Å². The Hall–Kier alpha value is -2.01. The van der Waals surface area contributed by atoms with Crippen molar-refractivity contribution in [2.45, 2.75) is 32.5 Å². The first-order valence-electron chi connectivity index (χ1n) is 7.35. The summed E-state index contributed by atoms with van der Waals surface area (Å²) in [6, 6.07) is 8.67. The molecule has 5 nitrogen and oxygen atoms in total. The van der Waals surface area contributed by atoms with Gasteiger partial charge in [0.2, 0.25) is 0 Å². The molecule has 1 aliphatic rings. The molecule has 0 aliphatic carbocycles. The zero-order valence-corrected chi connectivity index (χ0v) is 12.5. The van der Waals surface area contributed by atoms with E-state index in [1.807, 2.05) is 35.3 Å². The Kier molecular flexibility index (Phi) is 4.10. The minimum Gasteiger partial charge on any atom is -0.486 e. The lowest BCUT2D eigenvalue weighted by atomic mass is 10.1. The third-order valence-corrected chi connectivity index (χ3v) is 3.90. The van der Waals surface area contributed by atoms with Crippen LogP contribution in [0.4, 0.5) is 0 Å². The molecule has 1 N–H and O–H groups in total. The smallest absolute Gasteiger partial charge is 0.161 e. The first kappa shape index (κ1) is 13.9. The van der Waals surface area contributed by atoms with Crippen LogP contribution in [0.1, 0.15) is 25.5 Å². The summed E-state index contributed by atoms with van der Waals surface area (Å²) in [6.07, 6.45) is 3.80. The summed E-state index contributed by atoms with van der Waals surface area (Å²) in [7, 11) is 0. The third-order valence-electron chi connectivity index (χ3n) is 3.90. The van der Waals surface area contributed by atoms with Gasteiger partial charge in [0.1, 0.15) is 13.2 Å². The Morgan fingerprint density at radius 1 is 1.24 bits per heavy atom. The van der Waals surface area contributed by atoms with Crippen molar-refractivity contribution in [3.8, 4) is 11.5 Å². The normalized spacial score (nSPS) is 16.5. The van der Waals surface area contributed by atoms with Crippen molar-refractivity contribution in [2.24, 2.45) is 0 Å². The first-order valence-corrected chi connectivity index (χ1v) is 7.35. The maximum atomic E-state index is 5.61. The van der Waals surface area contributed by atoms with Gasteiger partial charge in [-0.3, -0.25) is 4.68 Å². The van der Waals surface area contributed by atoms with E-state index >= 15 is 0 Å². The van der Waals surface area contributed by atoms with E-state index in [-0.39, 0.29) is 0 Å². The minimum atomic E-state index is 0.303. The lowest BCUT2D eigenvalue weighted by Gasteiger charge is -2.23. The number of rotatable bonds is 5. The highest BCUT2D eigenvalue weighted by molar-refractivity contribution is 5.43. The molecule has 0 spiro atoms. The predicted octanol–water partition coefficient (Wildman–Crippen LogP) is 2.39. The molecular weight excluding hydrogens is 266 g/mol. The van der Waals surface area contributed by atoms with Gasteiger partial charge in [-0.15, -0.1) is 0 Å². The highest BCUT2D eigenvalue weighted by Crippen LogP contribution is 2.30. The molecule has 0 bridgehead atoms. The lowest BCUT2D eigenvalue weighted by molar-refractivity contribution is 0.171. The summed E-state index contributed by atoms with van der Waals surface area (Å²) in [5, 5.41) is 7.83. The topological polar surface area (TPSA) is 48.3 Å². The fourth-order valence-corrected chi connectivity index (χ4v) is 2.40.